The molecule has 7 heteroatoms. The number of rotatable bonds is 6. The minimum Gasteiger partial charge on any atom is -0.398 e. The first kappa shape index (κ1) is 14.7. The lowest BCUT2D eigenvalue weighted by Gasteiger charge is -2.15. The molecule has 0 aromatic heterocycles. The average molecular weight is 287 g/mol. The van der Waals surface area contributed by atoms with Gasteiger partial charge in [0.15, 0.2) is 11.6 Å². The molecular weight excluding hydrogens is 274 g/mol. The van der Waals surface area contributed by atoms with Gasteiger partial charge >= 0.3 is 5.66 Å². The van der Waals surface area contributed by atoms with Crippen LogP contribution in [0, 0.1) is 5.92 Å². The van der Waals surface area contributed by atoms with Crippen molar-refractivity contribution in [1.82, 2.24) is 0 Å². The van der Waals surface area contributed by atoms with E-state index in [4.69, 9.17) is 5.73 Å². The lowest BCUT2D eigenvalue weighted by Crippen LogP contribution is -2.43. The van der Waals surface area contributed by atoms with Gasteiger partial charge in [0.25, 0.3) is 0 Å². The summed E-state index contributed by atoms with van der Waals surface area (Å²) in [6.07, 6.45) is 0. The molecule has 2 rings (SSSR count). The summed E-state index contributed by atoms with van der Waals surface area (Å²) in [5, 5.41) is 6.85. The number of anilines is 1. The van der Waals surface area contributed by atoms with E-state index in [-0.39, 0.29) is 11.3 Å². The molecule has 0 saturated heterocycles. The number of hydrogen-bond donors (Lipinski definition) is 1. The fourth-order valence-corrected chi connectivity index (χ4v) is 2.03. The molecule has 1 atom stereocenters. The first-order valence-electron chi connectivity index (χ1n) is 6.20. The number of nitrogen functional groups attached to an aromatic ring is 1. The quantitative estimate of drug-likeness (QED) is 0.475. The first-order valence-corrected chi connectivity index (χ1v) is 6.20. The van der Waals surface area contributed by atoms with Crippen LogP contribution < -0.4 is 5.73 Å². The minimum atomic E-state index is -1.89. The second-order valence-corrected chi connectivity index (χ2v) is 4.79. The Balaban J connectivity index is 2.39. The molecule has 1 unspecified atom stereocenters. The summed E-state index contributed by atoms with van der Waals surface area (Å²) >= 11 is 0. The second-order valence-electron chi connectivity index (χ2n) is 4.79. The highest BCUT2D eigenvalue weighted by molar-refractivity contribution is 6.31. The molecule has 0 amide bonds. The van der Waals surface area contributed by atoms with E-state index in [0.29, 0.717) is 0 Å². The summed E-state index contributed by atoms with van der Waals surface area (Å²) in [5.74, 6) is -4.59. The number of benzene rings is 1. The Labute approximate surface area is 120 Å². The van der Waals surface area contributed by atoms with Crippen molar-refractivity contribution in [2.24, 2.45) is 16.1 Å². The Morgan fingerprint density at radius 1 is 1.10 bits per heavy atom. The van der Waals surface area contributed by atoms with E-state index in [9.17, 15) is 19.2 Å². The summed E-state index contributed by atoms with van der Waals surface area (Å²) in [6.45, 7) is 2.24. The van der Waals surface area contributed by atoms with Crippen molar-refractivity contribution >= 4 is 28.8 Å². The molecule has 2 N–H and O–H groups in total. The van der Waals surface area contributed by atoms with Gasteiger partial charge in [0.05, 0.1) is 0 Å². The van der Waals surface area contributed by atoms with Crippen molar-refractivity contribution in [2.75, 3.05) is 5.73 Å². The molecule has 21 heavy (non-hydrogen) atoms. The predicted octanol–water partition coefficient (Wildman–Crippen LogP) is 0.977. The molecule has 0 aliphatic carbocycles. The van der Waals surface area contributed by atoms with E-state index in [1.807, 2.05) is 0 Å². The fraction of sp³-hybridized carbons (Fsp3) is 0.286. The van der Waals surface area contributed by atoms with Gasteiger partial charge < -0.3 is 5.73 Å². The van der Waals surface area contributed by atoms with Crippen LogP contribution in [0.1, 0.15) is 24.2 Å². The molecule has 1 aliphatic rings. The molecule has 1 aromatic rings. The third kappa shape index (κ3) is 2.37. The Morgan fingerprint density at radius 2 is 1.67 bits per heavy atom. The van der Waals surface area contributed by atoms with Crippen molar-refractivity contribution in [2.45, 2.75) is 19.5 Å². The van der Waals surface area contributed by atoms with Crippen LogP contribution in [0.25, 0.3) is 0 Å². The molecular formula is C14H13N3O4. The summed E-state index contributed by atoms with van der Waals surface area (Å²) in [7, 11) is 0. The van der Waals surface area contributed by atoms with Gasteiger partial charge in [-0.3, -0.25) is 19.2 Å². The lowest BCUT2D eigenvalue weighted by atomic mass is 9.84. The summed E-state index contributed by atoms with van der Waals surface area (Å²) < 4.78 is 0. The van der Waals surface area contributed by atoms with E-state index < -0.39 is 34.7 Å². The number of carbonyl (C=O) groups excluding carboxylic acids is 4. The van der Waals surface area contributed by atoms with E-state index >= 15 is 0 Å². The first-order chi connectivity index (χ1) is 9.81. The van der Waals surface area contributed by atoms with E-state index in [2.05, 4.69) is 10.2 Å². The number of para-hydroxylation sites is 1. The van der Waals surface area contributed by atoms with Crippen molar-refractivity contribution in [1.29, 1.82) is 0 Å². The normalized spacial score (nSPS) is 16.1. The van der Waals surface area contributed by atoms with Gasteiger partial charge in [-0.25, -0.2) is 0 Å². The summed E-state index contributed by atoms with van der Waals surface area (Å²) in [6, 6.07) is 6.10. The molecule has 0 spiro atoms. The highest BCUT2D eigenvalue weighted by Crippen LogP contribution is 2.34. The van der Waals surface area contributed by atoms with Crippen LogP contribution in [-0.4, -0.2) is 28.8 Å². The zero-order chi connectivity index (χ0) is 15.8. The highest BCUT2D eigenvalue weighted by atomic mass is 16.2. The number of nitrogens with two attached hydrogens (primary N) is 1. The van der Waals surface area contributed by atoms with Gasteiger partial charge in [-0.05, 0) is 26.0 Å². The molecule has 0 saturated carbocycles. The van der Waals surface area contributed by atoms with Crippen LogP contribution in [0.5, 0.6) is 0 Å². The largest absolute Gasteiger partial charge is 0.398 e. The van der Waals surface area contributed by atoms with Crippen molar-refractivity contribution < 1.29 is 19.2 Å². The van der Waals surface area contributed by atoms with Crippen molar-refractivity contribution in [3.05, 3.63) is 29.8 Å². The third-order valence-electron chi connectivity index (χ3n) is 3.29. The molecule has 0 radical (unpaired) electrons. The maximum atomic E-state index is 12.4. The number of carbonyl (C=O) groups is 4. The van der Waals surface area contributed by atoms with E-state index in [1.165, 1.54) is 12.1 Å². The molecule has 1 heterocycles. The summed E-state index contributed by atoms with van der Waals surface area (Å²) in [4.78, 5) is 48.0. The van der Waals surface area contributed by atoms with Crippen molar-refractivity contribution in [3.8, 4) is 0 Å². The molecule has 108 valence electrons. The van der Waals surface area contributed by atoms with E-state index in [0.717, 1.165) is 13.8 Å². The second kappa shape index (κ2) is 5.01. The van der Waals surface area contributed by atoms with Gasteiger partial charge in [-0.15, -0.1) is 10.2 Å². The Hall–Kier alpha value is -2.70. The Morgan fingerprint density at radius 3 is 2.10 bits per heavy atom. The number of nitrogens with zero attached hydrogens (tertiary/aromatic N) is 2. The topological polar surface area (TPSA) is 119 Å². The third-order valence-corrected chi connectivity index (χ3v) is 3.29. The van der Waals surface area contributed by atoms with Gasteiger partial charge in [0.2, 0.25) is 5.78 Å². The maximum Gasteiger partial charge on any atom is 0.306 e. The van der Waals surface area contributed by atoms with Crippen LogP contribution in [0.2, 0.25) is 0 Å². The monoisotopic (exact) mass is 287 g/mol. The number of Topliss-reactive ketones (excluding diaryl/α,β-unsaturated/α-hetero) is 4. The number of hydrogen-bond acceptors (Lipinski definition) is 7. The lowest BCUT2D eigenvalue weighted by molar-refractivity contribution is -0.134. The predicted molar refractivity (Wildman–Crippen MR) is 72.6 cm³/mol. The minimum absolute atomic E-state index is 0.0606. The fourth-order valence-electron chi connectivity index (χ4n) is 2.03. The van der Waals surface area contributed by atoms with Crippen LogP contribution in [0.3, 0.4) is 0 Å². The molecule has 1 aromatic carbocycles. The molecule has 0 bridgehead atoms. The zero-order valence-electron chi connectivity index (χ0n) is 11.5. The van der Waals surface area contributed by atoms with Crippen LogP contribution in [0.4, 0.5) is 5.69 Å². The van der Waals surface area contributed by atoms with Gasteiger partial charge in [0, 0.05) is 11.3 Å². The Kier molecular flexibility index (Phi) is 3.51. The molecule has 7 nitrogen and oxygen atoms in total. The van der Waals surface area contributed by atoms with Gasteiger partial charge in [-0.1, -0.05) is 12.1 Å². The maximum absolute atomic E-state index is 12.4. The van der Waals surface area contributed by atoms with E-state index in [1.54, 1.807) is 12.1 Å². The standard InChI is InChI=1S/C14H13N3O4/c1-7(18)11(13(21)14(8(2)19)16-17-14)12(20)9-5-3-4-6-10(9)15/h3-6,11H,15H2,1-2H3. The zero-order valence-corrected chi connectivity index (χ0v) is 11.5. The molecule has 1 aliphatic heterocycles. The van der Waals surface area contributed by atoms with Crippen LogP contribution >= 0.6 is 0 Å². The molecule has 0 fully saturated rings. The average Bonchev–Trinajstić information content (AvgIpc) is 3.20. The van der Waals surface area contributed by atoms with Gasteiger partial charge in [-0.2, -0.15) is 0 Å². The summed E-state index contributed by atoms with van der Waals surface area (Å²) in [5.41, 5.74) is 4.01. The van der Waals surface area contributed by atoms with Crippen LogP contribution in [-0.2, 0) is 14.4 Å². The number of ketones is 4. The highest BCUT2D eigenvalue weighted by Gasteiger charge is 2.58. The van der Waals surface area contributed by atoms with Crippen molar-refractivity contribution in [3.63, 3.8) is 0 Å². The van der Waals surface area contributed by atoms with Crippen LogP contribution in [0.15, 0.2) is 34.5 Å². The smallest absolute Gasteiger partial charge is 0.306 e. The Bertz CT molecular complexity index is 687. The van der Waals surface area contributed by atoms with Gasteiger partial charge in [0.1, 0.15) is 11.7 Å². The SMILES string of the molecule is CC(=O)C(C(=O)c1ccccc1N)C(=O)C1(C(C)=O)N=N1.